The van der Waals surface area contributed by atoms with Crippen LogP contribution in [0.2, 0.25) is 0 Å². The van der Waals surface area contributed by atoms with Crippen LogP contribution in [0.3, 0.4) is 0 Å². The molecule has 0 spiro atoms. The Morgan fingerprint density at radius 1 is 1.20 bits per heavy atom. The molecule has 4 heteroatoms. The molecule has 3 nitrogen and oxygen atoms in total. The van der Waals surface area contributed by atoms with Gasteiger partial charge < -0.3 is 0 Å². The highest BCUT2D eigenvalue weighted by Gasteiger charge is 2.44. The molecular weight excluding hydrogens is 270 g/mol. The summed E-state index contributed by atoms with van der Waals surface area (Å²) in [5, 5.41) is 0. The SMILES string of the molecule is Cc1ccc(S(=O)(=O)N2C[C@@H](C)[C@H]3C=CCC[C@H]32)cc1. The Kier molecular flexibility index (Phi) is 3.46. The first-order valence-corrected chi connectivity index (χ1v) is 8.69. The van der Waals surface area contributed by atoms with E-state index in [0.29, 0.717) is 23.3 Å². The van der Waals surface area contributed by atoms with E-state index < -0.39 is 10.0 Å². The molecule has 3 rings (SSSR count). The second-order valence-electron chi connectivity index (χ2n) is 6.02. The summed E-state index contributed by atoms with van der Waals surface area (Å²) in [6.07, 6.45) is 6.33. The molecule has 0 amide bonds. The largest absolute Gasteiger partial charge is 0.243 e. The van der Waals surface area contributed by atoms with Gasteiger partial charge in [-0.25, -0.2) is 8.42 Å². The highest BCUT2D eigenvalue weighted by Crippen LogP contribution is 2.39. The monoisotopic (exact) mass is 291 g/mol. The van der Waals surface area contributed by atoms with Crippen molar-refractivity contribution >= 4 is 10.0 Å². The fourth-order valence-electron chi connectivity index (χ4n) is 3.41. The van der Waals surface area contributed by atoms with Crippen LogP contribution in [0.15, 0.2) is 41.3 Å². The zero-order chi connectivity index (χ0) is 14.3. The van der Waals surface area contributed by atoms with Gasteiger partial charge in [0.1, 0.15) is 0 Å². The van der Waals surface area contributed by atoms with E-state index in [0.717, 1.165) is 18.4 Å². The highest BCUT2D eigenvalue weighted by molar-refractivity contribution is 7.89. The Balaban J connectivity index is 1.95. The van der Waals surface area contributed by atoms with E-state index in [2.05, 4.69) is 19.1 Å². The van der Waals surface area contributed by atoms with Gasteiger partial charge in [0.25, 0.3) is 0 Å². The van der Waals surface area contributed by atoms with E-state index in [1.807, 2.05) is 19.1 Å². The van der Waals surface area contributed by atoms with Gasteiger partial charge in [0.2, 0.25) is 10.0 Å². The van der Waals surface area contributed by atoms with E-state index in [9.17, 15) is 8.42 Å². The molecule has 108 valence electrons. The van der Waals surface area contributed by atoms with Crippen LogP contribution in [0.25, 0.3) is 0 Å². The van der Waals surface area contributed by atoms with Crippen molar-refractivity contribution in [3.05, 3.63) is 42.0 Å². The fraction of sp³-hybridized carbons (Fsp3) is 0.500. The quantitative estimate of drug-likeness (QED) is 0.786. The molecule has 1 aliphatic carbocycles. The minimum atomic E-state index is -3.36. The van der Waals surface area contributed by atoms with Gasteiger partial charge in [0.15, 0.2) is 0 Å². The summed E-state index contributed by atoms with van der Waals surface area (Å²) in [5.41, 5.74) is 1.08. The number of hydrogen-bond donors (Lipinski definition) is 0. The Morgan fingerprint density at radius 2 is 1.90 bits per heavy atom. The summed E-state index contributed by atoms with van der Waals surface area (Å²) in [6, 6.07) is 7.32. The standard InChI is InChI=1S/C16H21NO2S/c1-12-7-9-14(10-8-12)20(18,19)17-11-13(2)15-5-3-4-6-16(15)17/h3,5,7-10,13,15-16H,4,6,11H2,1-2H3/t13-,15-,16-/m1/s1. The van der Waals surface area contributed by atoms with Crippen LogP contribution < -0.4 is 0 Å². The zero-order valence-corrected chi connectivity index (χ0v) is 12.8. The predicted molar refractivity (Wildman–Crippen MR) is 79.9 cm³/mol. The maximum absolute atomic E-state index is 12.8. The van der Waals surface area contributed by atoms with E-state index in [1.165, 1.54) is 0 Å². The summed E-state index contributed by atoms with van der Waals surface area (Å²) in [4.78, 5) is 0.422. The number of hydrogen-bond acceptors (Lipinski definition) is 2. The van der Waals surface area contributed by atoms with Crippen molar-refractivity contribution in [2.24, 2.45) is 11.8 Å². The van der Waals surface area contributed by atoms with Crippen LogP contribution in [0, 0.1) is 18.8 Å². The predicted octanol–water partition coefficient (Wildman–Crippen LogP) is 2.97. The summed E-state index contributed by atoms with van der Waals surface area (Å²) in [5.74, 6) is 0.778. The second kappa shape index (κ2) is 5.01. The Hall–Kier alpha value is -1.13. The van der Waals surface area contributed by atoms with Gasteiger partial charge in [-0.1, -0.05) is 36.8 Å². The number of fused-ring (bicyclic) bond motifs is 1. The average molecular weight is 291 g/mol. The first-order chi connectivity index (χ1) is 9.50. The van der Waals surface area contributed by atoms with Gasteiger partial charge in [-0.2, -0.15) is 4.31 Å². The van der Waals surface area contributed by atoms with Crippen LogP contribution in [0.5, 0.6) is 0 Å². The lowest BCUT2D eigenvalue weighted by molar-refractivity contribution is 0.335. The lowest BCUT2D eigenvalue weighted by Gasteiger charge is -2.28. The highest BCUT2D eigenvalue weighted by atomic mass is 32.2. The smallest absolute Gasteiger partial charge is 0.207 e. The van der Waals surface area contributed by atoms with Gasteiger partial charge in [0, 0.05) is 12.6 Å². The van der Waals surface area contributed by atoms with E-state index >= 15 is 0 Å². The lowest BCUT2D eigenvalue weighted by Crippen LogP contribution is -2.38. The van der Waals surface area contributed by atoms with Crippen molar-refractivity contribution in [1.82, 2.24) is 4.31 Å². The van der Waals surface area contributed by atoms with Gasteiger partial charge >= 0.3 is 0 Å². The fourth-order valence-corrected chi connectivity index (χ4v) is 5.19. The molecule has 1 fully saturated rings. The summed E-state index contributed by atoms with van der Waals surface area (Å²) in [6.45, 7) is 4.75. The van der Waals surface area contributed by atoms with E-state index in [1.54, 1.807) is 16.4 Å². The van der Waals surface area contributed by atoms with Crippen LogP contribution >= 0.6 is 0 Å². The third-order valence-corrected chi connectivity index (χ3v) is 6.46. The zero-order valence-electron chi connectivity index (χ0n) is 12.0. The molecule has 1 heterocycles. The van der Waals surface area contributed by atoms with Crippen molar-refractivity contribution in [3.63, 3.8) is 0 Å². The van der Waals surface area contributed by atoms with Crippen molar-refractivity contribution in [2.45, 2.75) is 37.6 Å². The van der Waals surface area contributed by atoms with Gasteiger partial charge in [-0.15, -0.1) is 0 Å². The number of sulfonamides is 1. The third-order valence-electron chi connectivity index (χ3n) is 4.55. The Bertz CT molecular complexity index is 618. The summed E-state index contributed by atoms with van der Waals surface area (Å²) >= 11 is 0. The minimum Gasteiger partial charge on any atom is -0.207 e. The van der Waals surface area contributed by atoms with Crippen molar-refractivity contribution in [2.75, 3.05) is 6.54 Å². The van der Waals surface area contributed by atoms with Crippen LogP contribution in [0.1, 0.15) is 25.3 Å². The molecule has 0 bridgehead atoms. The molecule has 20 heavy (non-hydrogen) atoms. The first-order valence-electron chi connectivity index (χ1n) is 7.25. The van der Waals surface area contributed by atoms with Gasteiger partial charge in [-0.05, 0) is 43.7 Å². The Morgan fingerprint density at radius 3 is 2.60 bits per heavy atom. The maximum atomic E-state index is 12.8. The maximum Gasteiger partial charge on any atom is 0.243 e. The second-order valence-corrected chi connectivity index (χ2v) is 7.91. The first kappa shape index (κ1) is 13.8. The molecular formula is C16H21NO2S. The Labute approximate surface area is 121 Å². The molecule has 1 aromatic carbocycles. The molecule has 1 aliphatic heterocycles. The molecule has 0 N–H and O–H groups in total. The molecule has 0 aromatic heterocycles. The number of rotatable bonds is 2. The van der Waals surface area contributed by atoms with Crippen LogP contribution in [-0.2, 0) is 10.0 Å². The van der Waals surface area contributed by atoms with Crippen molar-refractivity contribution in [1.29, 1.82) is 0 Å². The number of benzene rings is 1. The molecule has 2 aliphatic rings. The van der Waals surface area contributed by atoms with Crippen molar-refractivity contribution < 1.29 is 8.42 Å². The number of allylic oxidation sites excluding steroid dienone is 1. The average Bonchev–Trinajstić information content (AvgIpc) is 2.78. The molecule has 1 saturated heterocycles. The summed E-state index contributed by atoms with van der Waals surface area (Å²) < 4.78 is 27.4. The number of aryl methyl sites for hydroxylation is 1. The normalized spacial score (nSPS) is 30.4. The lowest BCUT2D eigenvalue weighted by atomic mass is 9.86. The molecule has 0 saturated carbocycles. The topological polar surface area (TPSA) is 37.4 Å². The van der Waals surface area contributed by atoms with Crippen LogP contribution in [-0.4, -0.2) is 25.3 Å². The molecule has 0 unspecified atom stereocenters. The molecule has 1 aromatic rings. The third kappa shape index (κ3) is 2.21. The van der Waals surface area contributed by atoms with Crippen molar-refractivity contribution in [3.8, 4) is 0 Å². The van der Waals surface area contributed by atoms with Gasteiger partial charge in [0.05, 0.1) is 4.90 Å². The number of nitrogens with zero attached hydrogens (tertiary/aromatic N) is 1. The van der Waals surface area contributed by atoms with E-state index in [-0.39, 0.29) is 6.04 Å². The molecule has 0 radical (unpaired) electrons. The minimum absolute atomic E-state index is 0.140. The van der Waals surface area contributed by atoms with E-state index in [4.69, 9.17) is 0 Å². The van der Waals surface area contributed by atoms with Gasteiger partial charge in [-0.3, -0.25) is 0 Å². The summed E-state index contributed by atoms with van der Waals surface area (Å²) in [7, 11) is -3.36. The van der Waals surface area contributed by atoms with Crippen LogP contribution in [0.4, 0.5) is 0 Å². The molecule has 3 atom stereocenters.